The van der Waals surface area contributed by atoms with E-state index in [0.29, 0.717) is 13.2 Å². The van der Waals surface area contributed by atoms with Gasteiger partial charge in [-0.2, -0.15) is 0 Å². The molecule has 5 nitrogen and oxygen atoms in total. The molecule has 1 aliphatic rings. The second-order valence-electron chi connectivity index (χ2n) is 6.16. The minimum Gasteiger partial charge on any atom is -0.491 e. The molecule has 1 amide bonds. The molecule has 0 saturated heterocycles. The van der Waals surface area contributed by atoms with Gasteiger partial charge in [-0.3, -0.25) is 4.79 Å². The number of methoxy groups -OCH3 is 1. The molecule has 1 saturated carbocycles. The molecule has 2 rings (SSSR count). The van der Waals surface area contributed by atoms with E-state index in [-0.39, 0.29) is 24.2 Å². The van der Waals surface area contributed by atoms with Crippen LogP contribution < -0.4 is 15.8 Å². The maximum Gasteiger partial charge on any atom is 0.229 e. The molecule has 0 radical (unpaired) electrons. The number of hydrogen-bond acceptors (Lipinski definition) is 4. The second kappa shape index (κ2) is 9.11. The van der Waals surface area contributed by atoms with Crippen molar-refractivity contribution in [2.24, 2.45) is 11.7 Å². The molecule has 1 aromatic rings. The highest BCUT2D eigenvalue weighted by molar-refractivity contribution is 5.93. The van der Waals surface area contributed by atoms with Crippen molar-refractivity contribution >= 4 is 24.0 Å². The van der Waals surface area contributed by atoms with Gasteiger partial charge in [0, 0.05) is 18.3 Å². The number of anilines is 1. The van der Waals surface area contributed by atoms with Gasteiger partial charge in [0.15, 0.2) is 0 Å². The van der Waals surface area contributed by atoms with Crippen molar-refractivity contribution in [2.75, 3.05) is 25.6 Å². The quantitative estimate of drug-likeness (QED) is 0.779. The first-order valence-corrected chi connectivity index (χ1v) is 7.84. The number of carbonyl (C=O) groups is 1. The molecule has 0 bridgehead atoms. The molecule has 0 heterocycles. The average molecular weight is 343 g/mol. The average Bonchev–Trinajstić information content (AvgIpc) is 2.48. The van der Waals surface area contributed by atoms with Gasteiger partial charge in [-0.05, 0) is 44.0 Å². The lowest BCUT2D eigenvalue weighted by Gasteiger charge is -2.37. The molecule has 6 heteroatoms. The van der Waals surface area contributed by atoms with Crippen LogP contribution in [0.1, 0.15) is 32.6 Å². The summed E-state index contributed by atoms with van der Waals surface area (Å²) in [6, 6.07) is 7.37. The number of benzene rings is 1. The zero-order valence-electron chi connectivity index (χ0n) is 13.8. The lowest BCUT2D eigenvalue weighted by Crippen LogP contribution is -2.51. The van der Waals surface area contributed by atoms with Gasteiger partial charge < -0.3 is 20.5 Å². The van der Waals surface area contributed by atoms with Gasteiger partial charge in [0.05, 0.1) is 12.5 Å². The summed E-state index contributed by atoms with van der Waals surface area (Å²) in [6.45, 7) is 3.04. The third-order valence-corrected chi connectivity index (χ3v) is 4.25. The first-order valence-electron chi connectivity index (χ1n) is 7.84. The lowest BCUT2D eigenvalue weighted by atomic mass is 9.74. The summed E-state index contributed by atoms with van der Waals surface area (Å²) < 4.78 is 10.4. The fourth-order valence-corrected chi connectivity index (χ4v) is 2.90. The molecule has 0 aliphatic heterocycles. The fourth-order valence-electron chi connectivity index (χ4n) is 2.90. The highest BCUT2D eigenvalue weighted by atomic mass is 35.5. The number of amides is 1. The number of rotatable bonds is 6. The van der Waals surface area contributed by atoms with E-state index in [9.17, 15) is 4.79 Å². The third kappa shape index (κ3) is 5.68. The van der Waals surface area contributed by atoms with Gasteiger partial charge in [-0.25, -0.2) is 0 Å². The molecule has 23 heavy (non-hydrogen) atoms. The monoisotopic (exact) mass is 342 g/mol. The molecule has 1 fully saturated rings. The van der Waals surface area contributed by atoms with E-state index in [1.165, 1.54) is 0 Å². The topological polar surface area (TPSA) is 73.6 Å². The molecule has 3 N–H and O–H groups in total. The number of hydrogen-bond donors (Lipinski definition) is 2. The van der Waals surface area contributed by atoms with Gasteiger partial charge in [0.25, 0.3) is 0 Å². The molecule has 2 atom stereocenters. The van der Waals surface area contributed by atoms with Crippen molar-refractivity contribution in [1.29, 1.82) is 0 Å². The summed E-state index contributed by atoms with van der Waals surface area (Å²) in [6.07, 6.45) is 3.93. The van der Waals surface area contributed by atoms with Crippen LogP contribution in [0.4, 0.5) is 5.69 Å². The molecular weight excluding hydrogens is 316 g/mol. The Hall–Kier alpha value is -1.30. The number of ether oxygens (including phenoxy) is 2. The van der Waals surface area contributed by atoms with Crippen molar-refractivity contribution in [3.8, 4) is 5.75 Å². The van der Waals surface area contributed by atoms with Crippen LogP contribution in [0.2, 0.25) is 0 Å². The summed E-state index contributed by atoms with van der Waals surface area (Å²) in [5.74, 6) is 0.646. The summed E-state index contributed by atoms with van der Waals surface area (Å²) >= 11 is 0. The van der Waals surface area contributed by atoms with E-state index in [4.69, 9.17) is 15.2 Å². The number of nitrogens with one attached hydrogen (secondary N) is 1. The van der Waals surface area contributed by atoms with Gasteiger partial charge in [-0.1, -0.05) is 12.8 Å². The lowest BCUT2D eigenvalue weighted by molar-refractivity contribution is -0.122. The van der Waals surface area contributed by atoms with Crippen LogP contribution in [0.5, 0.6) is 5.75 Å². The number of halogens is 1. The maximum atomic E-state index is 12.4. The summed E-state index contributed by atoms with van der Waals surface area (Å²) in [5.41, 5.74) is 6.63. The van der Waals surface area contributed by atoms with Crippen LogP contribution in [0.3, 0.4) is 0 Å². The highest BCUT2D eigenvalue weighted by Gasteiger charge is 2.37. The predicted molar refractivity (Wildman–Crippen MR) is 94.2 cm³/mol. The third-order valence-electron chi connectivity index (χ3n) is 4.25. The van der Waals surface area contributed by atoms with Crippen LogP contribution in [0, 0.1) is 5.92 Å². The number of nitrogens with two attached hydrogens (primary N) is 1. The van der Waals surface area contributed by atoms with E-state index in [2.05, 4.69) is 5.32 Å². The van der Waals surface area contributed by atoms with Gasteiger partial charge in [-0.15, -0.1) is 12.4 Å². The molecular formula is C17H27ClN2O3. The summed E-state index contributed by atoms with van der Waals surface area (Å²) in [7, 11) is 1.64. The standard InChI is InChI=1S/C17H26N2O3.ClH/c1-17(18)10-4-3-5-15(17)16(20)19-13-6-8-14(9-7-13)22-12-11-21-2;/h6-9,15H,3-5,10-12,18H2,1-2H3,(H,19,20);1H. The SMILES string of the molecule is COCCOc1ccc(NC(=O)C2CCCCC2(C)N)cc1.Cl. The minimum atomic E-state index is -0.411. The molecule has 1 aromatic carbocycles. The Morgan fingerprint density at radius 2 is 2.00 bits per heavy atom. The van der Waals surface area contributed by atoms with E-state index in [1.54, 1.807) is 7.11 Å². The highest BCUT2D eigenvalue weighted by Crippen LogP contribution is 2.32. The van der Waals surface area contributed by atoms with Crippen molar-refractivity contribution in [2.45, 2.75) is 38.1 Å². The largest absolute Gasteiger partial charge is 0.491 e. The van der Waals surface area contributed by atoms with Crippen LogP contribution in [0.25, 0.3) is 0 Å². The van der Waals surface area contributed by atoms with E-state index in [1.807, 2.05) is 31.2 Å². The molecule has 0 aromatic heterocycles. The second-order valence-corrected chi connectivity index (χ2v) is 6.16. The normalized spacial score (nSPS) is 23.7. The summed E-state index contributed by atoms with van der Waals surface area (Å²) in [4.78, 5) is 12.4. The van der Waals surface area contributed by atoms with Crippen LogP contribution in [-0.4, -0.2) is 31.8 Å². The Morgan fingerprint density at radius 1 is 1.30 bits per heavy atom. The Labute approximate surface area is 144 Å². The first kappa shape index (κ1) is 19.7. The zero-order chi connectivity index (χ0) is 16.0. The van der Waals surface area contributed by atoms with E-state index >= 15 is 0 Å². The van der Waals surface area contributed by atoms with Crippen molar-refractivity contribution in [3.63, 3.8) is 0 Å². The Balaban J connectivity index is 0.00000264. The zero-order valence-corrected chi connectivity index (χ0v) is 14.7. The van der Waals surface area contributed by atoms with Crippen molar-refractivity contribution < 1.29 is 14.3 Å². The fraction of sp³-hybridized carbons (Fsp3) is 0.588. The van der Waals surface area contributed by atoms with Crippen LogP contribution in [-0.2, 0) is 9.53 Å². The number of carbonyl (C=O) groups excluding carboxylic acids is 1. The van der Waals surface area contributed by atoms with Crippen molar-refractivity contribution in [1.82, 2.24) is 0 Å². The van der Waals surface area contributed by atoms with Crippen molar-refractivity contribution in [3.05, 3.63) is 24.3 Å². The van der Waals surface area contributed by atoms with Gasteiger partial charge >= 0.3 is 0 Å². The summed E-state index contributed by atoms with van der Waals surface area (Å²) in [5, 5.41) is 2.96. The van der Waals surface area contributed by atoms with E-state index < -0.39 is 5.54 Å². The molecule has 130 valence electrons. The van der Waals surface area contributed by atoms with Gasteiger partial charge in [0.2, 0.25) is 5.91 Å². The van der Waals surface area contributed by atoms with Gasteiger partial charge in [0.1, 0.15) is 12.4 Å². The van der Waals surface area contributed by atoms with Crippen LogP contribution in [0.15, 0.2) is 24.3 Å². The van der Waals surface area contributed by atoms with E-state index in [0.717, 1.165) is 37.1 Å². The maximum absolute atomic E-state index is 12.4. The Kier molecular flexibility index (Phi) is 7.82. The minimum absolute atomic E-state index is 0. The molecule has 2 unspecified atom stereocenters. The molecule has 0 spiro atoms. The van der Waals surface area contributed by atoms with Crippen LogP contribution >= 0.6 is 12.4 Å². The Bertz CT molecular complexity index is 491. The Morgan fingerprint density at radius 3 is 2.61 bits per heavy atom. The smallest absolute Gasteiger partial charge is 0.229 e. The first-order chi connectivity index (χ1) is 10.5. The predicted octanol–water partition coefficient (Wildman–Crippen LogP) is 2.98. The molecule has 1 aliphatic carbocycles.